The third kappa shape index (κ3) is 6.39. The van der Waals surface area contributed by atoms with E-state index >= 15 is 0 Å². The van der Waals surface area contributed by atoms with E-state index in [1.54, 1.807) is 18.8 Å². The van der Waals surface area contributed by atoms with Crippen molar-refractivity contribution < 1.29 is 24.1 Å². The minimum atomic E-state index is -1.07. The van der Waals surface area contributed by atoms with E-state index in [1.165, 1.54) is 6.33 Å². The Morgan fingerprint density at radius 2 is 1.47 bits per heavy atom. The van der Waals surface area contributed by atoms with Crippen LogP contribution in [0.1, 0.15) is 34.9 Å². The summed E-state index contributed by atoms with van der Waals surface area (Å²) in [6.45, 7) is 0.530. The fraction of sp³-hybridized carbons (Fsp3) is 0.237. The number of aliphatic hydroxyl groups is 1. The van der Waals surface area contributed by atoms with E-state index in [9.17, 15) is 9.90 Å². The molecule has 1 aliphatic heterocycles. The normalized spacial score (nSPS) is 17.7. The third-order valence-electron chi connectivity index (χ3n) is 8.89. The third-order valence-corrected chi connectivity index (χ3v) is 8.89. The maximum atomic E-state index is 12.9. The number of aliphatic hydroxyl groups excluding tert-OH is 1. The zero-order valence-electron chi connectivity index (χ0n) is 27.2. The van der Waals surface area contributed by atoms with Gasteiger partial charge in [0.2, 0.25) is 5.95 Å². The topological polar surface area (TPSA) is 133 Å². The molecule has 1 saturated heterocycles. The molecule has 7 rings (SSSR count). The number of ether oxygens (including phenoxy) is 4. The summed E-state index contributed by atoms with van der Waals surface area (Å²) in [6.07, 6.45) is -0.403. The number of nitrogens with one attached hydrogen (secondary N) is 2. The summed E-state index contributed by atoms with van der Waals surface area (Å²) < 4.78 is 26.0. The van der Waals surface area contributed by atoms with Gasteiger partial charge in [-0.25, -0.2) is 4.98 Å². The molecular formula is C38H37N5O6. The number of anilines is 1. The average molecular weight is 660 g/mol. The Morgan fingerprint density at radius 1 is 0.878 bits per heavy atom. The van der Waals surface area contributed by atoms with Gasteiger partial charge in [-0.2, -0.15) is 4.98 Å². The van der Waals surface area contributed by atoms with E-state index in [2.05, 4.69) is 20.3 Å². The van der Waals surface area contributed by atoms with Crippen molar-refractivity contribution in [2.45, 2.75) is 37.0 Å². The van der Waals surface area contributed by atoms with E-state index in [-0.39, 0.29) is 24.1 Å². The van der Waals surface area contributed by atoms with Crippen LogP contribution in [-0.2, 0) is 21.6 Å². The quantitative estimate of drug-likeness (QED) is 0.148. The van der Waals surface area contributed by atoms with Gasteiger partial charge in [0.1, 0.15) is 29.4 Å². The second-order valence-corrected chi connectivity index (χ2v) is 11.8. The molecule has 3 atom stereocenters. The molecule has 11 heteroatoms. The summed E-state index contributed by atoms with van der Waals surface area (Å²) >= 11 is 0. The second kappa shape index (κ2) is 13.9. The molecule has 250 valence electrons. The van der Waals surface area contributed by atoms with Crippen LogP contribution in [0, 0.1) is 0 Å². The first kappa shape index (κ1) is 32.1. The van der Waals surface area contributed by atoms with Crippen molar-refractivity contribution in [3.63, 3.8) is 0 Å². The van der Waals surface area contributed by atoms with Crippen molar-refractivity contribution in [2.24, 2.45) is 0 Å². The number of aromatic nitrogens is 4. The first-order chi connectivity index (χ1) is 24.0. The van der Waals surface area contributed by atoms with Gasteiger partial charge < -0.3 is 29.4 Å². The molecule has 1 aliphatic rings. The van der Waals surface area contributed by atoms with E-state index in [4.69, 9.17) is 18.9 Å². The van der Waals surface area contributed by atoms with Gasteiger partial charge in [0.15, 0.2) is 11.2 Å². The molecule has 2 aromatic heterocycles. The van der Waals surface area contributed by atoms with Crippen LogP contribution >= 0.6 is 0 Å². The molecule has 0 radical (unpaired) electrons. The lowest BCUT2D eigenvalue weighted by atomic mass is 9.80. The van der Waals surface area contributed by atoms with Gasteiger partial charge >= 0.3 is 0 Å². The van der Waals surface area contributed by atoms with Gasteiger partial charge in [0.05, 0.1) is 33.3 Å². The van der Waals surface area contributed by atoms with Crippen LogP contribution in [-0.4, -0.2) is 57.7 Å². The molecule has 0 amide bonds. The molecule has 1 fully saturated rings. The number of benzene rings is 4. The standard InChI is InChI=1S/C38H37N5O6/c1-46-29-17-13-27(14-18-29)38(26-11-7-4-8-12-26,28-15-19-30(47-2)20-16-28)48-23-32-31(44)21-33(49-32)43-24-40-34-35(43)41-37(42-36(34)45)39-22-25-9-5-3-6-10-25/h3-20,24,31-33,44H,21-23H2,1-2H3,(H2,39,41,42,45). The van der Waals surface area contributed by atoms with Gasteiger partial charge in [-0.1, -0.05) is 84.9 Å². The molecule has 0 aliphatic carbocycles. The number of fused-ring (bicyclic) bond motifs is 1. The number of nitrogens with zero attached hydrogens (tertiary/aromatic N) is 3. The lowest BCUT2D eigenvalue weighted by Gasteiger charge is -2.37. The molecule has 49 heavy (non-hydrogen) atoms. The minimum absolute atomic E-state index is 0.0507. The molecule has 6 aromatic rings. The van der Waals surface area contributed by atoms with Crippen LogP contribution in [0.15, 0.2) is 120 Å². The van der Waals surface area contributed by atoms with Crippen molar-refractivity contribution in [1.82, 2.24) is 19.5 Å². The summed E-state index contributed by atoms with van der Waals surface area (Å²) in [4.78, 5) is 24.7. The molecule has 4 aromatic carbocycles. The lowest BCUT2D eigenvalue weighted by molar-refractivity contribution is -0.0931. The van der Waals surface area contributed by atoms with Gasteiger partial charge in [-0.05, 0) is 46.5 Å². The number of hydrogen-bond acceptors (Lipinski definition) is 9. The number of rotatable bonds is 12. The molecule has 3 heterocycles. The number of aromatic amines is 1. The van der Waals surface area contributed by atoms with Crippen LogP contribution in [0.5, 0.6) is 11.5 Å². The highest BCUT2D eigenvalue weighted by Crippen LogP contribution is 2.43. The highest BCUT2D eigenvalue weighted by atomic mass is 16.6. The smallest absolute Gasteiger partial charge is 0.280 e. The van der Waals surface area contributed by atoms with Gasteiger partial charge in [-0.15, -0.1) is 0 Å². The Hall–Kier alpha value is -5.49. The van der Waals surface area contributed by atoms with Gasteiger partial charge in [0, 0.05) is 13.0 Å². The Bertz CT molecular complexity index is 2000. The van der Waals surface area contributed by atoms with Crippen LogP contribution in [0.2, 0.25) is 0 Å². The first-order valence-corrected chi connectivity index (χ1v) is 16.0. The summed E-state index contributed by atoms with van der Waals surface area (Å²) in [7, 11) is 3.26. The second-order valence-electron chi connectivity index (χ2n) is 11.8. The van der Waals surface area contributed by atoms with Crippen LogP contribution in [0.4, 0.5) is 5.95 Å². The summed E-state index contributed by atoms with van der Waals surface area (Å²) in [5, 5.41) is 14.5. The monoisotopic (exact) mass is 659 g/mol. The van der Waals surface area contributed by atoms with Crippen LogP contribution in [0.3, 0.4) is 0 Å². The SMILES string of the molecule is COc1ccc(C(OCC2OC(n3cnc4c(=O)[nH]c(NCc5ccccc5)nc43)CC2O)(c2ccccc2)c2ccc(OC)cc2)cc1. The first-order valence-electron chi connectivity index (χ1n) is 16.0. The average Bonchev–Trinajstić information content (AvgIpc) is 3.75. The summed E-state index contributed by atoms with van der Waals surface area (Å²) in [5.41, 5.74) is 2.77. The highest BCUT2D eigenvalue weighted by Gasteiger charge is 2.42. The molecule has 3 unspecified atom stereocenters. The lowest BCUT2D eigenvalue weighted by Crippen LogP contribution is -2.38. The summed E-state index contributed by atoms with van der Waals surface area (Å²) in [6, 6.07) is 35.3. The van der Waals surface area contributed by atoms with Crippen molar-refractivity contribution in [3.8, 4) is 11.5 Å². The predicted molar refractivity (Wildman–Crippen MR) is 185 cm³/mol. The molecule has 0 spiro atoms. The van der Waals surface area contributed by atoms with Gasteiger partial charge in [-0.3, -0.25) is 14.3 Å². The number of methoxy groups -OCH3 is 2. The largest absolute Gasteiger partial charge is 0.497 e. The van der Waals surface area contributed by atoms with Gasteiger partial charge in [0.25, 0.3) is 5.56 Å². The van der Waals surface area contributed by atoms with Crippen molar-refractivity contribution >= 4 is 17.1 Å². The van der Waals surface area contributed by atoms with Crippen molar-refractivity contribution in [2.75, 3.05) is 26.1 Å². The number of hydrogen-bond donors (Lipinski definition) is 3. The van der Waals surface area contributed by atoms with E-state index in [0.29, 0.717) is 18.1 Å². The van der Waals surface area contributed by atoms with Crippen molar-refractivity contribution in [1.29, 1.82) is 0 Å². The maximum Gasteiger partial charge on any atom is 0.280 e. The fourth-order valence-electron chi connectivity index (χ4n) is 6.32. The predicted octanol–water partition coefficient (Wildman–Crippen LogP) is 5.41. The Labute approximate surface area is 283 Å². The Balaban J connectivity index is 1.18. The molecule has 3 N–H and O–H groups in total. The maximum absolute atomic E-state index is 12.9. The molecule has 0 saturated carbocycles. The Morgan fingerprint density at radius 3 is 2.08 bits per heavy atom. The number of H-pyrrole nitrogens is 1. The highest BCUT2D eigenvalue weighted by molar-refractivity contribution is 5.71. The van der Waals surface area contributed by atoms with E-state index < -0.39 is 24.0 Å². The van der Waals surface area contributed by atoms with E-state index in [1.807, 2.05) is 109 Å². The van der Waals surface area contributed by atoms with E-state index in [0.717, 1.165) is 33.8 Å². The van der Waals surface area contributed by atoms with Crippen molar-refractivity contribution in [3.05, 3.63) is 148 Å². The summed E-state index contributed by atoms with van der Waals surface area (Å²) in [5.74, 6) is 1.75. The zero-order chi connectivity index (χ0) is 33.8. The fourth-order valence-corrected chi connectivity index (χ4v) is 6.32. The van der Waals surface area contributed by atoms with Crippen LogP contribution in [0.25, 0.3) is 11.2 Å². The molecular weight excluding hydrogens is 622 g/mol. The van der Waals surface area contributed by atoms with Crippen LogP contribution < -0.4 is 20.3 Å². The minimum Gasteiger partial charge on any atom is -0.497 e. The Kier molecular flexibility index (Phi) is 9.12. The number of imidazole rings is 1. The molecule has 0 bridgehead atoms. The molecule has 11 nitrogen and oxygen atoms in total. The zero-order valence-corrected chi connectivity index (χ0v) is 27.2.